The van der Waals surface area contributed by atoms with E-state index in [4.69, 9.17) is 0 Å². The van der Waals surface area contributed by atoms with Gasteiger partial charge in [0.15, 0.2) is 0 Å². The number of halogens is 1. The van der Waals surface area contributed by atoms with Crippen LogP contribution in [0.1, 0.15) is 6.92 Å². The maximum absolute atomic E-state index is 13.4. The zero-order valence-electron chi connectivity index (χ0n) is 14.6. The van der Waals surface area contributed by atoms with E-state index in [1.165, 1.54) is 28.3 Å². The molecular formula is C23H20FNO. The summed E-state index contributed by atoms with van der Waals surface area (Å²) in [7, 11) is 0. The van der Waals surface area contributed by atoms with Gasteiger partial charge >= 0.3 is 0 Å². The van der Waals surface area contributed by atoms with Gasteiger partial charge in [-0.25, -0.2) is 4.39 Å². The normalized spacial score (nSPS) is 12.2. The minimum atomic E-state index is -0.238. The molecule has 0 amide bonds. The highest BCUT2D eigenvalue weighted by atomic mass is 19.1. The molecule has 0 aliphatic carbocycles. The molecule has 0 saturated heterocycles. The number of aliphatic hydroxyl groups is 1. The van der Waals surface area contributed by atoms with E-state index < -0.39 is 0 Å². The van der Waals surface area contributed by atoms with Gasteiger partial charge in [0.25, 0.3) is 0 Å². The van der Waals surface area contributed by atoms with Crippen LogP contribution >= 0.6 is 0 Å². The average Bonchev–Trinajstić information content (AvgIpc) is 3.05. The van der Waals surface area contributed by atoms with Crippen molar-refractivity contribution in [3.8, 4) is 11.3 Å². The lowest BCUT2D eigenvalue weighted by Gasteiger charge is -2.10. The molecule has 0 bridgehead atoms. The van der Waals surface area contributed by atoms with E-state index in [1.807, 2.05) is 37.3 Å². The van der Waals surface area contributed by atoms with Crippen LogP contribution in [0.25, 0.3) is 32.9 Å². The number of aromatic nitrogens is 1. The molecular weight excluding hydrogens is 325 g/mol. The molecule has 0 saturated carbocycles. The van der Waals surface area contributed by atoms with Crippen LogP contribution in [0.3, 0.4) is 0 Å². The van der Waals surface area contributed by atoms with Gasteiger partial charge in [-0.05, 0) is 59.7 Å². The standard InChI is InChI=1S/C23H20FNO/c1-16(15-26)12-13-25-22-11-8-17-4-2-3-5-20(17)21(22)14-23(25)18-6-9-19(24)10-7-18/h2-12,14,26H,13,15H2,1H3/b16-12+. The molecule has 3 aromatic carbocycles. The van der Waals surface area contributed by atoms with Crippen LogP contribution in [-0.4, -0.2) is 16.3 Å². The summed E-state index contributed by atoms with van der Waals surface area (Å²) in [5.74, 6) is -0.238. The molecule has 1 aromatic heterocycles. The molecule has 0 unspecified atom stereocenters. The Balaban J connectivity index is 1.98. The molecule has 0 atom stereocenters. The Hall–Kier alpha value is -2.91. The minimum absolute atomic E-state index is 0.0496. The van der Waals surface area contributed by atoms with E-state index in [-0.39, 0.29) is 12.4 Å². The van der Waals surface area contributed by atoms with Crippen molar-refractivity contribution in [2.45, 2.75) is 13.5 Å². The van der Waals surface area contributed by atoms with Crippen molar-refractivity contribution in [3.05, 3.63) is 84.2 Å². The highest BCUT2D eigenvalue weighted by Crippen LogP contribution is 2.33. The third kappa shape index (κ3) is 2.91. The third-order valence-corrected chi connectivity index (χ3v) is 4.82. The molecule has 2 nitrogen and oxygen atoms in total. The van der Waals surface area contributed by atoms with Crippen molar-refractivity contribution < 1.29 is 9.50 Å². The summed E-state index contributed by atoms with van der Waals surface area (Å²) in [4.78, 5) is 0. The van der Waals surface area contributed by atoms with Crippen LogP contribution in [0, 0.1) is 5.82 Å². The average molecular weight is 345 g/mol. The van der Waals surface area contributed by atoms with E-state index in [0.29, 0.717) is 6.54 Å². The SMILES string of the molecule is C/C(=C\Cn1c(-c2ccc(F)cc2)cc2c3ccccc3ccc21)CO. The van der Waals surface area contributed by atoms with E-state index in [0.717, 1.165) is 22.3 Å². The highest BCUT2D eigenvalue weighted by Gasteiger charge is 2.12. The van der Waals surface area contributed by atoms with Crippen LogP contribution in [0.2, 0.25) is 0 Å². The van der Waals surface area contributed by atoms with Gasteiger partial charge in [-0.2, -0.15) is 0 Å². The molecule has 130 valence electrons. The molecule has 0 fully saturated rings. The predicted octanol–water partition coefficient (Wildman–Crippen LogP) is 5.54. The van der Waals surface area contributed by atoms with Gasteiger partial charge in [-0.1, -0.05) is 42.0 Å². The first kappa shape index (κ1) is 16.6. The quantitative estimate of drug-likeness (QED) is 0.483. The summed E-state index contributed by atoms with van der Waals surface area (Å²) < 4.78 is 15.6. The summed E-state index contributed by atoms with van der Waals surface area (Å²) in [6.45, 7) is 2.62. The summed E-state index contributed by atoms with van der Waals surface area (Å²) in [6, 6.07) is 21.4. The molecule has 0 aliphatic heterocycles. The summed E-state index contributed by atoms with van der Waals surface area (Å²) >= 11 is 0. The topological polar surface area (TPSA) is 25.2 Å². The van der Waals surface area contributed by atoms with Crippen LogP contribution in [-0.2, 0) is 6.54 Å². The Morgan fingerprint density at radius 2 is 1.77 bits per heavy atom. The zero-order valence-corrected chi connectivity index (χ0v) is 14.6. The fourth-order valence-corrected chi connectivity index (χ4v) is 3.38. The van der Waals surface area contributed by atoms with Gasteiger partial charge in [0.1, 0.15) is 5.82 Å². The highest BCUT2D eigenvalue weighted by molar-refractivity contribution is 6.08. The molecule has 26 heavy (non-hydrogen) atoms. The second kappa shape index (κ2) is 6.77. The first-order chi connectivity index (χ1) is 12.7. The van der Waals surface area contributed by atoms with Crippen molar-refractivity contribution in [2.24, 2.45) is 0 Å². The second-order valence-corrected chi connectivity index (χ2v) is 6.58. The van der Waals surface area contributed by atoms with Crippen LogP contribution < -0.4 is 0 Å². The van der Waals surface area contributed by atoms with Crippen molar-refractivity contribution in [3.63, 3.8) is 0 Å². The van der Waals surface area contributed by atoms with E-state index in [1.54, 1.807) is 0 Å². The fourth-order valence-electron chi connectivity index (χ4n) is 3.38. The maximum Gasteiger partial charge on any atom is 0.123 e. The Morgan fingerprint density at radius 1 is 1.00 bits per heavy atom. The summed E-state index contributed by atoms with van der Waals surface area (Å²) in [5.41, 5.74) is 4.07. The first-order valence-electron chi connectivity index (χ1n) is 8.71. The Morgan fingerprint density at radius 3 is 2.54 bits per heavy atom. The lowest BCUT2D eigenvalue weighted by atomic mass is 10.1. The molecule has 4 aromatic rings. The number of rotatable bonds is 4. The molecule has 0 spiro atoms. The van der Waals surface area contributed by atoms with Crippen molar-refractivity contribution in [1.29, 1.82) is 0 Å². The lowest BCUT2D eigenvalue weighted by Crippen LogP contribution is -1.99. The second-order valence-electron chi connectivity index (χ2n) is 6.58. The maximum atomic E-state index is 13.4. The third-order valence-electron chi connectivity index (χ3n) is 4.82. The van der Waals surface area contributed by atoms with E-state index in [2.05, 4.69) is 34.9 Å². The number of aliphatic hydroxyl groups excluding tert-OH is 1. The summed E-state index contributed by atoms with van der Waals surface area (Å²) in [6.07, 6.45) is 2.03. The smallest absolute Gasteiger partial charge is 0.123 e. The zero-order chi connectivity index (χ0) is 18.1. The van der Waals surface area contributed by atoms with Crippen molar-refractivity contribution >= 4 is 21.7 Å². The molecule has 1 heterocycles. The molecule has 1 N–H and O–H groups in total. The van der Waals surface area contributed by atoms with Gasteiger partial charge < -0.3 is 9.67 Å². The summed E-state index contributed by atoms with van der Waals surface area (Å²) in [5, 5.41) is 12.9. The molecule has 0 radical (unpaired) electrons. The van der Waals surface area contributed by atoms with Crippen LogP contribution in [0.5, 0.6) is 0 Å². The van der Waals surface area contributed by atoms with Gasteiger partial charge in [-0.3, -0.25) is 0 Å². The van der Waals surface area contributed by atoms with Crippen molar-refractivity contribution in [2.75, 3.05) is 6.61 Å². The van der Waals surface area contributed by atoms with Crippen molar-refractivity contribution in [1.82, 2.24) is 4.57 Å². The number of hydrogen-bond donors (Lipinski definition) is 1. The molecule has 3 heteroatoms. The van der Waals surface area contributed by atoms with E-state index in [9.17, 15) is 9.50 Å². The predicted molar refractivity (Wildman–Crippen MR) is 106 cm³/mol. The van der Waals surface area contributed by atoms with Gasteiger partial charge in [0, 0.05) is 23.1 Å². The number of fused-ring (bicyclic) bond motifs is 3. The Bertz CT molecular complexity index is 1110. The number of allylic oxidation sites excluding steroid dienone is 1. The number of benzene rings is 3. The largest absolute Gasteiger partial charge is 0.392 e. The lowest BCUT2D eigenvalue weighted by molar-refractivity contribution is 0.331. The van der Waals surface area contributed by atoms with Gasteiger partial charge in [-0.15, -0.1) is 0 Å². The van der Waals surface area contributed by atoms with Crippen LogP contribution in [0.15, 0.2) is 78.4 Å². The van der Waals surface area contributed by atoms with Gasteiger partial charge in [0.2, 0.25) is 0 Å². The number of hydrogen-bond acceptors (Lipinski definition) is 1. The fraction of sp³-hybridized carbons (Fsp3) is 0.130. The molecule has 4 rings (SSSR count). The minimum Gasteiger partial charge on any atom is -0.392 e. The number of nitrogens with zero attached hydrogens (tertiary/aromatic N) is 1. The molecule has 0 aliphatic rings. The Labute approximate surface area is 151 Å². The van der Waals surface area contributed by atoms with Crippen LogP contribution in [0.4, 0.5) is 4.39 Å². The van der Waals surface area contributed by atoms with Gasteiger partial charge in [0.05, 0.1) is 6.61 Å². The van der Waals surface area contributed by atoms with E-state index >= 15 is 0 Å². The monoisotopic (exact) mass is 345 g/mol. The Kier molecular flexibility index (Phi) is 4.31. The first-order valence-corrected chi connectivity index (χ1v) is 8.71.